The van der Waals surface area contributed by atoms with Gasteiger partial charge in [-0.2, -0.15) is 5.10 Å². The van der Waals surface area contributed by atoms with Crippen molar-refractivity contribution in [2.24, 2.45) is 22.7 Å². The molecule has 0 unspecified atom stereocenters. The van der Waals surface area contributed by atoms with Gasteiger partial charge < -0.3 is 4.90 Å². The Morgan fingerprint density at radius 3 is 2.13 bits per heavy atom. The van der Waals surface area contributed by atoms with Crippen LogP contribution in [0.2, 0.25) is 10.0 Å². The van der Waals surface area contributed by atoms with Gasteiger partial charge >= 0.3 is 0 Å². The Morgan fingerprint density at radius 2 is 1.59 bits per heavy atom. The van der Waals surface area contributed by atoms with Gasteiger partial charge in [-0.3, -0.25) is 19.1 Å². The van der Waals surface area contributed by atoms with Crippen LogP contribution in [0.5, 0.6) is 0 Å². The molecule has 2 aromatic rings. The first-order valence-corrected chi connectivity index (χ1v) is 14.8. The zero-order valence-electron chi connectivity index (χ0n) is 23.8. The molecular weight excluding hydrogens is 533 g/mol. The summed E-state index contributed by atoms with van der Waals surface area (Å²) in [5.74, 6) is 0.960. The van der Waals surface area contributed by atoms with E-state index in [4.69, 9.17) is 23.2 Å². The van der Waals surface area contributed by atoms with Crippen molar-refractivity contribution < 1.29 is 14.4 Å². The molecule has 3 aliphatic carbocycles. The summed E-state index contributed by atoms with van der Waals surface area (Å²) in [4.78, 5) is 41.6. The fourth-order valence-corrected chi connectivity index (χ4v) is 8.10. The van der Waals surface area contributed by atoms with Crippen molar-refractivity contribution in [1.29, 1.82) is 0 Å². The van der Waals surface area contributed by atoms with Gasteiger partial charge in [-0.25, -0.2) is 0 Å². The highest BCUT2D eigenvalue weighted by Gasteiger charge is 2.63. The molecule has 3 fully saturated rings. The number of hydrogen-bond acceptors (Lipinski definition) is 4. The molecule has 1 amide bonds. The highest BCUT2D eigenvalue weighted by molar-refractivity contribution is 6.40. The van der Waals surface area contributed by atoms with Crippen LogP contribution in [0.1, 0.15) is 104 Å². The number of aryl methyl sites for hydroxylation is 1. The van der Waals surface area contributed by atoms with Gasteiger partial charge in [0, 0.05) is 17.2 Å². The molecule has 1 heterocycles. The van der Waals surface area contributed by atoms with E-state index in [9.17, 15) is 14.4 Å². The molecule has 0 saturated heterocycles. The second-order valence-electron chi connectivity index (χ2n) is 13.1. The van der Waals surface area contributed by atoms with Crippen LogP contribution in [0.3, 0.4) is 0 Å². The fraction of sp³-hybridized carbons (Fsp3) is 0.613. The normalized spacial score (nSPS) is 29.1. The summed E-state index contributed by atoms with van der Waals surface area (Å²) in [7, 11) is 0. The molecule has 5 rings (SSSR count). The average molecular weight is 573 g/mol. The molecule has 0 N–H and O–H groups in total. The van der Waals surface area contributed by atoms with Crippen molar-refractivity contribution in [1.82, 2.24) is 14.7 Å². The van der Waals surface area contributed by atoms with Crippen LogP contribution in [0.25, 0.3) is 0 Å². The lowest BCUT2D eigenvalue weighted by Gasteiger charge is -2.36. The van der Waals surface area contributed by atoms with Crippen LogP contribution in [0.4, 0.5) is 0 Å². The quantitative estimate of drug-likeness (QED) is 0.327. The Labute approximate surface area is 241 Å². The minimum absolute atomic E-state index is 0.0128. The summed E-state index contributed by atoms with van der Waals surface area (Å²) in [5.41, 5.74) is 2.51. The molecule has 1 aromatic heterocycles. The van der Waals surface area contributed by atoms with Crippen molar-refractivity contribution in [3.05, 3.63) is 50.8 Å². The Bertz CT molecular complexity index is 1300. The van der Waals surface area contributed by atoms with Crippen LogP contribution in [0, 0.1) is 36.5 Å². The standard InChI is InChI=1S/C31H39Cl2N3O3/c1-17-11-25(32)28(26(33)12-17)27(38)16-35(21-13-23-24(14-21)30(23,4)5)29(39)22-15-34-36(18(22)2)20-7-9-31(6,10-8-20)19(3)37/h11-12,15,20-21,23-24H,7-10,13-14,16H2,1-6H3/t20-,21-,23+,24-,31-. The first-order valence-electron chi connectivity index (χ1n) is 14.1. The van der Waals surface area contributed by atoms with Crippen LogP contribution < -0.4 is 0 Å². The Balaban J connectivity index is 1.40. The molecule has 0 radical (unpaired) electrons. The molecule has 8 heteroatoms. The second kappa shape index (κ2) is 10.0. The number of ketones is 2. The van der Waals surface area contributed by atoms with Crippen LogP contribution in [0.15, 0.2) is 18.3 Å². The maximum atomic E-state index is 14.1. The van der Waals surface area contributed by atoms with E-state index in [-0.39, 0.29) is 47.1 Å². The predicted molar refractivity (Wildman–Crippen MR) is 154 cm³/mol. The Hall–Kier alpha value is -2.18. The van der Waals surface area contributed by atoms with E-state index in [2.05, 4.69) is 18.9 Å². The maximum absolute atomic E-state index is 14.1. The first kappa shape index (κ1) is 28.4. The Morgan fingerprint density at radius 1 is 1.03 bits per heavy atom. The number of benzene rings is 1. The third-order valence-electron chi connectivity index (χ3n) is 10.4. The van der Waals surface area contributed by atoms with Gasteiger partial charge in [0.15, 0.2) is 5.78 Å². The van der Waals surface area contributed by atoms with E-state index in [1.807, 2.05) is 25.5 Å². The van der Waals surface area contributed by atoms with Crippen molar-refractivity contribution in [2.45, 2.75) is 92.2 Å². The molecule has 39 heavy (non-hydrogen) atoms. The summed E-state index contributed by atoms with van der Waals surface area (Å²) < 4.78 is 1.95. The molecule has 0 bridgehead atoms. The largest absolute Gasteiger partial charge is 0.328 e. The molecule has 0 aliphatic heterocycles. The van der Waals surface area contributed by atoms with Crippen molar-refractivity contribution >= 4 is 40.7 Å². The smallest absolute Gasteiger partial charge is 0.257 e. The number of carbonyl (C=O) groups excluding carboxylic acids is 3. The molecule has 6 nitrogen and oxygen atoms in total. The van der Waals surface area contributed by atoms with E-state index in [0.29, 0.717) is 32.9 Å². The SMILES string of the molecule is Cc1cc(Cl)c(C(=O)CN(C(=O)c2cnn([C@H]3CC[C@](C)(C(C)=O)CC3)c2C)[C@H]2C[C@@H]3[C@H](C2)C3(C)C)c(Cl)c1. The summed E-state index contributed by atoms with van der Waals surface area (Å²) in [6.45, 7) is 12.0. The van der Waals surface area contributed by atoms with Gasteiger partial charge in [0.05, 0.1) is 40.0 Å². The van der Waals surface area contributed by atoms with E-state index in [1.54, 1.807) is 30.2 Å². The summed E-state index contributed by atoms with van der Waals surface area (Å²) in [6, 6.07) is 3.60. The van der Waals surface area contributed by atoms with Gasteiger partial charge in [-0.05, 0) is 94.2 Å². The van der Waals surface area contributed by atoms with E-state index < -0.39 is 0 Å². The predicted octanol–water partition coefficient (Wildman–Crippen LogP) is 7.28. The number of rotatable bonds is 7. The van der Waals surface area contributed by atoms with Gasteiger partial charge in [0.1, 0.15) is 5.78 Å². The molecule has 3 aliphatic rings. The lowest BCUT2D eigenvalue weighted by molar-refractivity contribution is -0.127. The number of halogens is 2. The van der Waals surface area contributed by atoms with Crippen LogP contribution >= 0.6 is 23.2 Å². The number of carbonyl (C=O) groups is 3. The monoisotopic (exact) mass is 571 g/mol. The lowest BCUT2D eigenvalue weighted by Crippen LogP contribution is -2.43. The minimum atomic E-state index is -0.275. The molecule has 3 atom stereocenters. The second-order valence-corrected chi connectivity index (χ2v) is 13.9. The van der Waals surface area contributed by atoms with Crippen molar-refractivity contribution in [2.75, 3.05) is 6.54 Å². The molecular formula is C31H39Cl2N3O3. The molecule has 1 aromatic carbocycles. The zero-order chi connectivity index (χ0) is 28.4. The van der Waals surface area contributed by atoms with Crippen molar-refractivity contribution in [3.8, 4) is 0 Å². The topological polar surface area (TPSA) is 72.3 Å². The molecule has 210 valence electrons. The number of hydrogen-bond donors (Lipinski definition) is 0. The number of Topliss-reactive ketones (excluding diaryl/α,β-unsaturated/α-hetero) is 2. The fourth-order valence-electron chi connectivity index (χ4n) is 7.29. The van der Waals surface area contributed by atoms with E-state index in [0.717, 1.165) is 49.8 Å². The minimum Gasteiger partial charge on any atom is -0.328 e. The third-order valence-corrected chi connectivity index (χ3v) is 10.9. The number of amides is 1. The first-order chi connectivity index (χ1) is 18.2. The highest BCUT2D eigenvalue weighted by Crippen LogP contribution is 2.67. The van der Waals surface area contributed by atoms with Gasteiger partial charge in [-0.1, -0.05) is 44.0 Å². The number of aromatic nitrogens is 2. The summed E-state index contributed by atoms with van der Waals surface area (Å²) in [6.07, 6.45) is 6.76. The molecule has 0 spiro atoms. The van der Waals surface area contributed by atoms with Gasteiger partial charge in [0.25, 0.3) is 5.91 Å². The zero-order valence-corrected chi connectivity index (χ0v) is 25.3. The average Bonchev–Trinajstić information content (AvgIpc) is 3.23. The van der Waals surface area contributed by atoms with E-state index >= 15 is 0 Å². The number of nitrogens with zero attached hydrogens (tertiary/aromatic N) is 3. The van der Waals surface area contributed by atoms with Gasteiger partial charge in [0.2, 0.25) is 0 Å². The molecule has 3 saturated carbocycles. The van der Waals surface area contributed by atoms with Crippen LogP contribution in [-0.2, 0) is 4.79 Å². The Kier molecular flexibility index (Phi) is 7.29. The summed E-state index contributed by atoms with van der Waals surface area (Å²) in [5, 5.41) is 5.26. The van der Waals surface area contributed by atoms with Crippen LogP contribution in [-0.4, -0.2) is 44.7 Å². The number of fused-ring (bicyclic) bond motifs is 1. The lowest BCUT2D eigenvalue weighted by atomic mass is 9.71. The highest BCUT2D eigenvalue weighted by atomic mass is 35.5. The third kappa shape index (κ3) is 4.97. The van der Waals surface area contributed by atoms with Gasteiger partial charge in [-0.15, -0.1) is 0 Å². The summed E-state index contributed by atoms with van der Waals surface area (Å²) >= 11 is 12.9. The maximum Gasteiger partial charge on any atom is 0.257 e. The van der Waals surface area contributed by atoms with Crippen molar-refractivity contribution in [3.63, 3.8) is 0 Å². The van der Waals surface area contributed by atoms with E-state index in [1.165, 1.54) is 0 Å².